The summed E-state index contributed by atoms with van der Waals surface area (Å²) in [5, 5.41) is 7.29. The van der Waals surface area contributed by atoms with Crippen molar-refractivity contribution in [3.63, 3.8) is 0 Å². The second-order valence-corrected chi connectivity index (χ2v) is 6.24. The van der Waals surface area contributed by atoms with Gasteiger partial charge >= 0.3 is 0 Å². The Bertz CT molecular complexity index is 764. The summed E-state index contributed by atoms with van der Waals surface area (Å²) in [5.74, 6) is -0.316. The van der Waals surface area contributed by atoms with Gasteiger partial charge in [-0.3, -0.25) is 9.59 Å². The average molecular weight is 326 g/mol. The Morgan fingerprint density at radius 2 is 1.96 bits per heavy atom. The van der Waals surface area contributed by atoms with E-state index in [0.29, 0.717) is 18.8 Å². The monoisotopic (exact) mass is 326 g/mol. The molecule has 1 fully saturated rings. The zero-order valence-corrected chi connectivity index (χ0v) is 14.2. The maximum Gasteiger partial charge on any atom is 0.275 e. The standard InChI is InChI=1S/C18H22N4O2/c1-12-5-7-15(8-6-12)22-13(2)11-16(20-22)18(24)21-10-4-9-19-17(23)14(21)3/h5-8,11,14H,4,9-10H2,1-3H3,(H,19,23)/t14-/m0/s1. The Balaban J connectivity index is 1.89. The van der Waals surface area contributed by atoms with Crippen LogP contribution in [0.15, 0.2) is 30.3 Å². The summed E-state index contributed by atoms with van der Waals surface area (Å²) in [6.07, 6.45) is 0.749. The Labute approximate surface area is 141 Å². The number of rotatable bonds is 2. The largest absolute Gasteiger partial charge is 0.354 e. The van der Waals surface area contributed by atoms with Crippen LogP contribution in [0, 0.1) is 13.8 Å². The van der Waals surface area contributed by atoms with Crippen molar-refractivity contribution in [2.75, 3.05) is 13.1 Å². The third-order valence-electron chi connectivity index (χ3n) is 4.37. The molecule has 6 nitrogen and oxygen atoms in total. The van der Waals surface area contributed by atoms with Gasteiger partial charge in [-0.15, -0.1) is 0 Å². The van der Waals surface area contributed by atoms with Crippen LogP contribution in [0.4, 0.5) is 0 Å². The van der Waals surface area contributed by atoms with Crippen LogP contribution in [0.1, 0.15) is 35.1 Å². The van der Waals surface area contributed by atoms with Crippen LogP contribution in [0.5, 0.6) is 0 Å². The van der Waals surface area contributed by atoms with Crippen LogP contribution < -0.4 is 5.32 Å². The molecule has 126 valence electrons. The molecule has 0 spiro atoms. The Morgan fingerprint density at radius 3 is 2.67 bits per heavy atom. The molecule has 3 rings (SSSR count). The molecule has 24 heavy (non-hydrogen) atoms. The first-order chi connectivity index (χ1) is 11.5. The molecule has 1 aromatic heterocycles. The first-order valence-corrected chi connectivity index (χ1v) is 8.20. The number of amides is 2. The molecule has 1 aliphatic rings. The molecule has 0 radical (unpaired) electrons. The number of benzene rings is 1. The van der Waals surface area contributed by atoms with E-state index in [2.05, 4.69) is 10.4 Å². The molecule has 0 saturated carbocycles. The summed E-state index contributed by atoms with van der Waals surface area (Å²) in [5.41, 5.74) is 3.34. The number of nitrogens with zero attached hydrogens (tertiary/aromatic N) is 3. The van der Waals surface area contributed by atoms with Gasteiger partial charge in [0.15, 0.2) is 5.69 Å². The zero-order valence-electron chi connectivity index (χ0n) is 14.2. The molecule has 2 aromatic rings. The van der Waals surface area contributed by atoms with Crippen molar-refractivity contribution in [1.82, 2.24) is 20.0 Å². The minimum atomic E-state index is -0.482. The second-order valence-electron chi connectivity index (χ2n) is 6.24. The third-order valence-corrected chi connectivity index (χ3v) is 4.37. The summed E-state index contributed by atoms with van der Waals surface area (Å²) >= 11 is 0. The highest BCUT2D eigenvalue weighted by atomic mass is 16.2. The maximum absolute atomic E-state index is 12.8. The summed E-state index contributed by atoms with van der Waals surface area (Å²) in [4.78, 5) is 26.4. The highest BCUT2D eigenvalue weighted by molar-refractivity contribution is 5.96. The summed E-state index contributed by atoms with van der Waals surface area (Å²) in [7, 11) is 0. The minimum absolute atomic E-state index is 0.115. The average Bonchev–Trinajstić information content (AvgIpc) is 2.87. The first kappa shape index (κ1) is 16.2. The summed E-state index contributed by atoms with van der Waals surface area (Å²) < 4.78 is 1.76. The van der Waals surface area contributed by atoms with Crippen molar-refractivity contribution in [3.05, 3.63) is 47.3 Å². The van der Waals surface area contributed by atoms with Gasteiger partial charge in [0, 0.05) is 18.8 Å². The lowest BCUT2D eigenvalue weighted by Crippen LogP contribution is -2.45. The van der Waals surface area contributed by atoms with Gasteiger partial charge in [0.05, 0.1) is 5.69 Å². The molecular weight excluding hydrogens is 304 g/mol. The Hall–Kier alpha value is -2.63. The van der Waals surface area contributed by atoms with Gasteiger partial charge in [-0.25, -0.2) is 4.68 Å². The quantitative estimate of drug-likeness (QED) is 0.916. The number of aromatic nitrogens is 2. The van der Waals surface area contributed by atoms with Crippen molar-refractivity contribution in [3.8, 4) is 5.69 Å². The van der Waals surface area contributed by atoms with Gasteiger partial charge in [0.25, 0.3) is 5.91 Å². The molecule has 1 N–H and O–H groups in total. The minimum Gasteiger partial charge on any atom is -0.354 e. The smallest absolute Gasteiger partial charge is 0.275 e. The van der Waals surface area contributed by atoms with Crippen LogP contribution in [-0.4, -0.2) is 45.6 Å². The van der Waals surface area contributed by atoms with Gasteiger partial charge in [0.2, 0.25) is 5.91 Å². The normalized spacial score (nSPS) is 18.2. The van der Waals surface area contributed by atoms with E-state index < -0.39 is 6.04 Å². The predicted molar refractivity (Wildman–Crippen MR) is 91.2 cm³/mol. The van der Waals surface area contributed by atoms with E-state index in [1.165, 1.54) is 5.56 Å². The van der Waals surface area contributed by atoms with E-state index in [-0.39, 0.29) is 11.8 Å². The highest BCUT2D eigenvalue weighted by Gasteiger charge is 2.30. The van der Waals surface area contributed by atoms with E-state index in [1.807, 2.05) is 38.1 Å². The van der Waals surface area contributed by atoms with E-state index >= 15 is 0 Å². The van der Waals surface area contributed by atoms with Crippen molar-refractivity contribution in [2.24, 2.45) is 0 Å². The fourth-order valence-electron chi connectivity index (χ4n) is 2.89. The molecule has 2 heterocycles. The van der Waals surface area contributed by atoms with Crippen LogP contribution >= 0.6 is 0 Å². The first-order valence-electron chi connectivity index (χ1n) is 8.20. The molecule has 0 bridgehead atoms. The number of carbonyl (C=O) groups is 2. The van der Waals surface area contributed by atoms with Crippen molar-refractivity contribution in [2.45, 2.75) is 33.2 Å². The van der Waals surface area contributed by atoms with Crippen molar-refractivity contribution >= 4 is 11.8 Å². The Morgan fingerprint density at radius 1 is 1.25 bits per heavy atom. The number of carbonyl (C=O) groups excluding carboxylic acids is 2. The van der Waals surface area contributed by atoms with Crippen LogP contribution in [-0.2, 0) is 4.79 Å². The predicted octanol–water partition coefficient (Wildman–Crippen LogP) is 1.84. The summed E-state index contributed by atoms with van der Waals surface area (Å²) in [6.45, 7) is 6.85. The fourth-order valence-corrected chi connectivity index (χ4v) is 2.89. The molecule has 0 aliphatic carbocycles. The molecule has 2 amide bonds. The van der Waals surface area contributed by atoms with Gasteiger partial charge in [-0.2, -0.15) is 5.10 Å². The van der Waals surface area contributed by atoms with Crippen LogP contribution in [0.3, 0.4) is 0 Å². The Kier molecular flexibility index (Phi) is 4.38. The molecular formula is C18H22N4O2. The molecule has 6 heteroatoms. The van der Waals surface area contributed by atoms with Crippen LogP contribution in [0.25, 0.3) is 5.69 Å². The second kappa shape index (κ2) is 6.47. The SMILES string of the molecule is Cc1ccc(-n2nc(C(=O)N3CCCNC(=O)[C@@H]3C)cc2C)cc1. The maximum atomic E-state index is 12.8. The number of hydrogen-bond acceptors (Lipinski definition) is 3. The third kappa shape index (κ3) is 3.04. The summed E-state index contributed by atoms with van der Waals surface area (Å²) in [6, 6.07) is 9.28. The lowest BCUT2D eigenvalue weighted by atomic mass is 10.2. The highest BCUT2D eigenvalue weighted by Crippen LogP contribution is 2.16. The van der Waals surface area contributed by atoms with Crippen molar-refractivity contribution < 1.29 is 9.59 Å². The molecule has 1 atom stereocenters. The van der Waals surface area contributed by atoms with E-state index in [0.717, 1.165) is 17.8 Å². The lowest BCUT2D eigenvalue weighted by molar-refractivity contribution is -0.124. The van der Waals surface area contributed by atoms with Crippen molar-refractivity contribution in [1.29, 1.82) is 0 Å². The van der Waals surface area contributed by atoms with E-state index in [4.69, 9.17) is 0 Å². The molecule has 1 aliphatic heterocycles. The lowest BCUT2D eigenvalue weighted by Gasteiger charge is -2.24. The van der Waals surface area contributed by atoms with E-state index in [9.17, 15) is 9.59 Å². The van der Waals surface area contributed by atoms with Gasteiger partial charge < -0.3 is 10.2 Å². The van der Waals surface area contributed by atoms with Gasteiger partial charge in [-0.05, 0) is 45.4 Å². The molecule has 1 aromatic carbocycles. The zero-order chi connectivity index (χ0) is 17.3. The number of aryl methyl sites for hydroxylation is 2. The van der Waals surface area contributed by atoms with Crippen LogP contribution in [0.2, 0.25) is 0 Å². The molecule has 0 unspecified atom stereocenters. The molecule has 1 saturated heterocycles. The van der Waals surface area contributed by atoms with E-state index in [1.54, 1.807) is 22.6 Å². The van der Waals surface area contributed by atoms with Gasteiger partial charge in [0.1, 0.15) is 6.04 Å². The van der Waals surface area contributed by atoms with Gasteiger partial charge in [-0.1, -0.05) is 17.7 Å². The topological polar surface area (TPSA) is 67.2 Å². The fraction of sp³-hybridized carbons (Fsp3) is 0.389. The number of nitrogens with one attached hydrogen (secondary N) is 1. The number of hydrogen-bond donors (Lipinski definition) is 1.